The Balaban J connectivity index is 1.44. The Kier molecular flexibility index (Phi) is 5.67. The Hall–Kier alpha value is -1.81. The van der Waals surface area contributed by atoms with E-state index in [2.05, 4.69) is 25.2 Å². The van der Waals surface area contributed by atoms with Crippen LogP contribution in [0.1, 0.15) is 77.3 Å². The van der Waals surface area contributed by atoms with Gasteiger partial charge < -0.3 is 10.2 Å². The van der Waals surface area contributed by atoms with Gasteiger partial charge in [0.1, 0.15) is 5.57 Å². The SMILES string of the molecule is CC(NC(=O)C1=C[C@@]2(C)C(CC[C@@H]3[C@H]2CC[C@]2(C)CCC[C@@H]32)N(C)C1=O)c1cccc(Cl)c1. The van der Waals surface area contributed by atoms with Crippen molar-refractivity contribution in [2.24, 2.45) is 28.6 Å². The zero-order valence-electron chi connectivity index (χ0n) is 20.4. The number of likely N-dealkylation sites (N-methyl/N-ethyl adjacent to an activating group) is 1. The number of hydrogen-bond acceptors (Lipinski definition) is 2. The van der Waals surface area contributed by atoms with E-state index in [4.69, 9.17) is 11.6 Å². The van der Waals surface area contributed by atoms with Crippen LogP contribution in [0.3, 0.4) is 0 Å². The van der Waals surface area contributed by atoms with Gasteiger partial charge in [0.2, 0.25) is 0 Å². The van der Waals surface area contributed by atoms with Crippen LogP contribution >= 0.6 is 11.6 Å². The van der Waals surface area contributed by atoms with Gasteiger partial charge in [-0.1, -0.05) is 50.1 Å². The highest BCUT2D eigenvalue weighted by Crippen LogP contribution is 2.64. The number of carbonyl (C=O) groups is 2. The Bertz CT molecular complexity index is 1010. The predicted octanol–water partition coefficient (Wildman–Crippen LogP) is 5.92. The first kappa shape index (κ1) is 23.0. The van der Waals surface area contributed by atoms with Gasteiger partial charge in [-0.3, -0.25) is 9.59 Å². The summed E-state index contributed by atoms with van der Waals surface area (Å²) in [6, 6.07) is 7.46. The molecule has 0 spiro atoms. The fraction of sp³-hybridized carbons (Fsp3) is 0.643. The van der Waals surface area contributed by atoms with Gasteiger partial charge in [-0.15, -0.1) is 0 Å². The molecule has 3 fully saturated rings. The maximum atomic E-state index is 13.4. The van der Waals surface area contributed by atoms with Crippen molar-refractivity contribution in [3.63, 3.8) is 0 Å². The number of fused-ring (bicyclic) bond motifs is 5. The van der Waals surface area contributed by atoms with Crippen LogP contribution in [0.25, 0.3) is 0 Å². The molecule has 1 N–H and O–H groups in total. The summed E-state index contributed by atoms with van der Waals surface area (Å²) in [4.78, 5) is 28.6. The summed E-state index contributed by atoms with van der Waals surface area (Å²) in [5, 5.41) is 3.70. The van der Waals surface area contributed by atoms with Crippen LogP contribution in [-0.2, 0) is 9.59 Å². The maximum Gasteiger partial charge on any atom is 0.259 e. The molecule has 2 unspecified atom stereocenters. The van der Waals surface area contributed by atoms with Crippen LogP contribution in [0.2, 0.25) is 5.02 Å². The predicted molar refractivity (Wildman–Crippen MR) is 132 cm³/mol. The summed E-state index contributed by atoms with van der Waals surface area (Å²) in [6.45, 7) is 6.77. The van der Waals surface area contributed by atoms with Gasteiger partial charge >= 0.3 is 0 Å². The zero-order valence-corrected chi connectivity index (χ0v) is 21.1. The molecule has 178 valence electrons. The third-order valence-electron chi connectivity index (χ3n) is 9.92. The highest BCUT2D eigenvalue weighted by Gasteiger charge is 2.59. The molecule has 0 saturated heterocycles. The Morgan fingerprint density at radius 3 is 2.70 bits per heavy atom. The third kappa shape index (κ3) is 3.64. The van der Waals surface area contributed by atoms with E-state index >= 15 is 0 Å². The van der Waals surface area contributed by atoms with Gasteiger partial charge in [0.15, 0.2) is 0 Å². The molecule has 2 amide bonds. The number of benzene rings is 1. The van der Waals surface area contributed by atoms with Crippen molar-refractivity contribution in [3.8, 4) is 0 Å². The lowest BCUT2D eigenvalue weighted by Crippen LogP contribution is -2.61. The first-order valence-corrected chi connectivity index (χ1v) is 13.1. The number of rotatable bonds is 3. The molecule has 33 heavy (non-hydrogen) atoms. The topological polar surface area (TPSA) is 49.4 Å². The lowest BCUT2D eigenvalue weighted by atomic mass is 9.48. The molecule has 3 aliphatic carbocycles. The van der Waals surface area contributed by atoms with E-state index in [-0.39, 0.29) is 29.3 Å². The summed E-state index contributed by atoms with van der Waals surface area (Å²) >= 11 is 6.14. The van der Waals surface area contributed by atoms with Crippen LogP contribution in [0.15, 0.2) is 35.9 Å². The van der Waals surface area contributed by atoms with Gasteiger partial charge in [-0.25, -0.2) is 0 Å². The second-order valence-corrected chi connectivity index (χ2v) is 12.1. The van der Waals surface area contributed by atoms with Crippen molar-refractivity contribution in [3.05, 3.63) is 46.5 Å². The Labute approximate surface area is 203 Å². The number of carbonyl (C=O) groups excluding carboxylic acids is 2. The first-order chi connectivity index (χ1) is 15.6. The molecule has 1 aromatic carbocycles. The van der Waals surface area contributed by atoms with Crippen LogP contribution < -0.4 is 5.32 Å². The van der Waals surface area contributed by atoms with Gasteiger partial charge in [0.25, 0.3) is 11.8 Å². The fourth-order valence-electron chi connectivity index (χ4n) is 8.18. The van der Waals surface area contributed by atoms with Crippen molar-refractivity contribution in [2.45, 2.75) is 77.8 Å². The van der Waals surface area contributed by atoms with Crippen LogP contribution in [0.5, 0.6) is 0 Å². The minimum absolute atomic E-state index is 0.145. The minimum atomic E-state index is -0.275. The van der Waals surface area contributed by atoms with Gasteiger partial charge in [0.05, 0.1) is 6.04 Å². The molecule has 0 aromatic heterocycles. The quantitative estimate of drug-likeness (QED) is 0.560. The highest BCUT2D eigenvalue weighted by molar-refractivity contribution is 6.30. The average molecular weight is 469 g/mol. The molecule has 5 heteroatoms. The average Bonchev–Trinajstić information content (AvgIpc) is 3.18. The number of hydrogen-bond donors (Lipinski definition) is 1. The molecular weight excluding hydrogens is 432 g/mol. The molecule has 1 aliphatic heterocycles. The number of amides is 2. The molecule has 1 heterocycles. The van der Waals surface area contributed by atoms with Crippen LogP contribution in [0, 0.1) is 28.6 Å². The molecule has 3 saturated carbocycles. The van der Waals surface area contributed by atoms with Gasteiger partial charge in [-0.2, -0.15) is 0 Å². The maximum absolute atomic E-state index is 13.4. The Morgan fingerprint density at radius 1 is 1.15 bits per heavy atom. The van der Waals surface area contributed by atoms with Crippen molar-refractivity contribution in [1.29, 1.82) is 0 Å². The van der Waals surface area contributed by atoms with Gasteiger partial charge in [0, 0.05) is 23.5 Å². The molecule has 0 bridgehead atoms. The Morgan fingerprint density at radius 2 is 1.94 bits per heavy atom. The van der Waals surface area contributed by atoms with Crippen molar-refractivity contribution in [2.75, 3.05) is 7.05 Å². The van der Waals surface area contributed by atoms with E-state index in [0.717, 1.165) is 17.9 Å². The van der Waals surface area contributed by atoms with Gasteiger partial charge in [-0.05, 0) is 86.3 Å². The fourth-order valence-corrected chi connectivity index (χ4v) is 8.38. The molecule has 1 aromatic rings. The molecule has 4 aliphatic rings. The molecule has 7 atom stereocenters. The summed E-state index contributed by atoms with van der Waals surface area (Å²) in [7, 11) is 1.90. The summed E-state index contributed by atoms with van der Waals surface area (Å²) < 4.78 is 0. The highest BCUT2D eigenvalue weighted by atomic mass is 35.5. The van der Waals surface area contributed by atoms with E-state index < -0.39 is 0 Å². The number of halogens is 1. The van der Waals surface area contributed by atoms with Crippen molar-refractivity contribution < 1.29 is 9.59 Å². The minimum Gasteiger partial charge on any atom is -0.345 e. The normalized spacial score (nSPS) is 38.6. The summed E-state index contributed by atoms with van der Waals surface area (Å²) in [5.41, 5.74) is 1.59. The van der Waals surface area contributed by atoms with E-state index in [1.807, 2.05) is 43.1 Å². The van der Waals surface area contributed by atoms with E-state index in [9.17, 15) is 9.59 Å². The summed E-state index contributed by atoms with van der Waals surface area (Å²) in [6.07, 6.45) is 10.9. The molecule has 5 rings (SSSR count). The standard InChI is InChI=1S/C28H37ClN2O2/c1-17(18-7-5-8-19(29)15-18)30-25(32)21-16-28(3)23-12-14-27(2)13-6-9-22(27)20(23)10-11-24(28)31(4)26(21)33/h5,7-8,15-17,20,22-24H,6,9-14H2,1-4H3,(H,30,32)/t17?,20-,22-,23+,24?,27-,28+/m0/s1. The third-order valence-corrected chi connectivity index (χ3v) is 10.2. The lowest BCUT2D eigenvalue weighted by Gasteiger charge is -2.60. The second kappa shape index (κ2) is 8.15. The number of nitrogens with one attached hydrogen (secondary N) is 1. The van der Waals surface area contributed by atoms with E-state index in [1.165, 1.54) is 38.5 Å². The van der Waals surface area contributed by atoms with E-state index in [1.54, 1.807) is 0 Å². The smallest absolute Gasteiger partial charge is 0.259 e. The summed E-state index contributed by atoms with van der Waals surface area (Å²) in [5.74, 6) is 1.62. The largest absolute Gasteiger partial charge is 0.345 e. The lowest BCUT2D eigenvalue weighted by molar-refractivity contribution is -0.141. The van der Waals surface area contributed by atoms with E-state index in [0.29, 0.717) is 27.8 Å². The zero-order chi connectivity index (χ0) is 23.5. The monoisotopic (exact) mass is 468 g/mol. The van der Waals surface area contributed by atoms with Crippen LogP contribution in [-0.4, -0.2) is 29.8 Å². The van der Waals surface area contributed by atoms with Crippen LogP contribution in [0.4, 0.5) is 0 Å². The van der Waals surface area contributed by atoms with Crippen molar-refractivity contribution in [1.82, 2.24) is 10.2 Å². The van der Waals surface area contributed by atoms with Crippen molar-refractivity contribution >= 4 is 23.4 Å². The first-order valence-electron chi connectivity index (χ1n) is 12.7. The molecular formula is C28H37ClN2O2. The number of nitrogens with zero attached hydrogens (tertiary/aromatic N) is 1. The molecule has 0 radical (unpaired) electrons. The second-order valence-electron chi connectivity index (χ2n) is 11.6. The molecule has 4 nitrogen and oxygen atoms in total.